The number of nitrogens with one attached hydrogen (secondary N) is 1. The highest BCUT2D eigenvalue weighted by atomic mass is 16.4. The van der Waals surface area contributed by atoms with E-state index in [1.165, 1.54) is 0 Å². The minimum absolute atomic E-state index is 0.0703. The third kappa shape index (κ3) is 4.14. The van der Waals surface area contributed by atoms with E-state index in [9.17, 15) is 9.59 Å². The molecular formula is C12H16N2O3. The van der Waals surface area contributed by atoms with Crippen molar-refractivity contribution in [2.75, 3.05) is 25.5 Å². The highest BCUT2D eigenvalue weighted by Gasteiger charge is 2.07. The van der Waals surface area contributed by atoms with E-state index in [1.54, 1.807) is 18.2 Å². The molecule has 0 atom stereocenters. The van der Waals surface area contributed by atoms with Gasteiger partial charge in [-0.15, -0.1) is 0 Å². The largest absolute Gasteiger partial charge is 0.481 e. The molecule has 2 N–H and O–H groups in total. The molecule has 0 bridgehead atoms. The molecule has 5 heteroatoms. The summed E-state index contributed by atoms with van der Waals surface area (Å²) in [5, 5.41) is 11.0. The fraction of sp³-hybridized carbons (Fsp3) is 0.333. The number of rotatable bonds is 5. The van der Waals surface area contributed by atoms with E-state index in [0.717, 1.165) is 5.69 Å². The standard InChI is InChI=1S/C12H16N2O3/c1-14(2)10-5-3-4-9(8-10)12(17)13-7-6-11(15)16/h3-5,8H,6-7H2,1-2H3,(H,13,17)(H,15,16). The van der Waals surface area contributed by atoms with Gasteiger partial charge in [-0.1, -0.05) is 6.07 Å². The van der Waals surface area contributed by atoms with Gasteiger partial charge in [0.1, 0.15) is 0 Å². The molecule has 0 spiro atoms. The van der Waals surface area contributed by atoms with Crippen molar-refractivity contribution in [3.8, 4) is 0 Å². The van der Waals surface area contributed by atoms with Gasteiger partial charge in [0.2, 0.25) is 0 Å². The Bertz CT molecular complexity index is 416. The molecule has 1 aromatic carbocycles. The van der Waals surface area contributed by atoms with Crippen LogP contribution in [0.15, 0.2) is 24.3 Å². The molecular weight excluding hydrogens is 220 g/mol. The van der Waals surface area contributed by atoms with Crippen molar-refractivity contribution in [2.24, 2.45) is 0 Å². The van der Waals surface area contributed by atoms with Crippen LogP contribution >= 0.6 is 0 Å². The smallest absolute Gasteiger partial charge is 0.305 e. The van der Waals surface area contributed by atoms with Crippen LogP contribution in [0.4, 0.5) is 5.69 Å². The second-order valence-corrected chi connectivity index (χ2v) is 3.84. The molecule has 0 fully saturated rings. The third-order valence-corrected chi connectivity index (χ3v) is 2.25. The average Bonchev–Trinajstić information content (AvgIpc) is 2.28. The van der Waals surface area contributed by atoms with Crippen molar-refractivity contribution >= 4 is 17.6 Å². The molecule has 0 aliphatic carbocycles. The first-order valence-electron chi connectivity index (χ1n) is 5.28. The summed E-state index contributed by atoms with van der Waals surface area (Å²) in [6.45, 7) is 0.139. The number of hydrogen-bond donors (Lipinski definition) is 2. The fourth-order valence-corrected chi connectivity index (χ4v) is 1.31. The zero-order valence-electron chi connectivity index (χ0n) is 9.93. The van der Waals surface area contributed by atoms with Gasteiger partial charge in [-0.2, -0.15) is 0 Å². The molecule has 0 saturated heterocycles. The lowest BCUT2D eigenvalue weighted by atomic mass is 10.2. The van der Waals surface area contributed by atoms with Crippen molar-refractivity contribution in [1.82, 2.24) is 5.32 Å². The molecule has 0 saturated carbocycles. The number of carboxylic acid groups (broad SMARTS) is 1. The topological polar surface area (TPSA) is 69.6 Å². The number of carbonyl (C=O) groups is 2. The summed E-state index contributed by atoms with van der Waals surface area (Å²) in [6.07, 6.45) is -0.0703. The Morgan fingerprint density at radius 3 is 2.65 bits per heavy atom. The molecule has 0 aliphatic rings. The lowest BCUT2D eigenvalue weighted by Gasteiger charge is -2.13. The predicted molar refractivity (Wildman–Crippen MR) is 65.4 cm³/mol. The molecule has 5 nitrogen and oxygen atoms in total. The Balaban J connectivity index is 2.62. The van der Waals surface area contributed by atoms with Crippen LogP contribution in [-0.4, -0.2) is 37.6 Å². The van der Waals surface area contributed by atoms with Gasteiger partial charge in [0.05, 0.1) is 6.42 Å². The van der Waals surface area contributed by atoms with Gasteiger partial charge < -0.3 is 15.3 Å². The Hall–Kier alpha value is -2.04. The summed E-state index contributed by atoms with van der Waals surface area (Å²) in [7, 11) is 3.78. The van der Waals surface area contributed by atoms with Gasteiger partial charge in [0, 0.05) is 31.9 Å². The van der Waals surface area contributed by atoms with E-state index in [-0.39, 0.29) is 18.9 Å². The molecule has 0 radical (unpaired) electrons. The van der Waals surface area contributed by atoms with Gasteiger partial charge >= 0.3 is 5.97 Å². The normalized spacial score (nSPS) is 9.76. The summed E-state index contributed by atoms with van der Waals surface area (Å²) in [5.74, 6) is -1.18. The van der Waals surface area contributed by atoms with Gasteiger partial charge in [0.15, 0.2) is 0 Å². The minimum atomic E-state index is -0.924. The van der Waals surface area contributed by atoms with E-state index in [4.69, 9.17) is 5.11 Å². The van der Waals surface area contributed by atoms with Crippen molar-refractivity contribution in [1.29, 1.82) is 0 Å². The third-order valence-electron chi connectivity index (χ3n) is 2.25. The number of carboxylic acids is 1. The second-order valence-electron chi connectivity index (χ2n) is 3.84. The zero-order chi connectivity index (χ0) is 12.8. The van der Waals surface area contributed by atoms with Crippen molar-refractivity contribution in [3.05, 3.63) is 29.8 Å². The molecule has 1 amide bonds. The molecule has 1 aromatic rings. The maximum atomic E-state index is 11.7. The fourth-order valence-electron chi connectivity index (χ4n) is 1.31. The first-order valence-corrected chi connectivity index (χ1v) is 5.28. The number of nitrogens with zero attached hydrogens (tertiary/aromatic N) is 1. The van der Waals surface area contributed by atoms with Crippen molar-refractivity contribution in [3.63, 3.8) is 0 Å². The monoisotopic (exact) mass is 236 g/mol. The van der Waals surface area contributed by atoms with Crippen LogP contribution in [0, 0.1) is 0 Å². The Kier molecular flexibility index (Phi) is 4.51. The molecule has 0 aliphatic heterocycles. The highest BCUT2D eigenvalue weighted by Crippen LogP contribution is 2.13. The number of aliphatic carboxylic acids is 1. The van der Waals surface area contributed by atoms with E-state index in [2.05, 4.69) is 5.32 Å². The quantitative estimate of drug-likeness (QED) is 0.798. The summed E-state index contributed by atoms with van der Waals surface area (Å²) >= 11 is 0. The average molecular weight is 236 g/mol. The Morgan fingerprint density at radius 1 is 1.35 bits per heavy atom. The van der Waals surface area contributed by atoms with Crippen LogP contribution in [0.5, 0.6) is 0 Å². The Labute approximate surface area is 100 Å². The summed E-state index contributed by atoms with van der Waals surface area (Å²) in [4.78, 5) is 23.9. The molecule has 0 unspecified atom stereocenters. The molecule has 0 heterocycles. The molecule has 92 valence electrons. The zero-order valence-corrected chi connectivity index (χ0v) is 9.93. The van der Waals surface area contributed by atoms with Crippen molar-refractivity contribution < 1.29 is 14.7 Å². The first kappa shape index (κ1) is 13.0. The maximum absolute atomic E-state index is 11.7. The number of hydrogen-bond acceptors (Lipinski definition) is 3. The number of anilines is 1. The second kappa shape index (κ2) is 5.89. The summed E-state index contributed by atoms with van der Waals surface area (Å²) in [6, 6.07) is 7.15. The highest BCUT2D eigenvalue weighted by molar-refractivity contribution is 5.95. The maximum Gasteiger partial charge on any atom is 0.305 e. The van der Waals surface area contributed by atoms with Crippen LogP contribution in [-0.2, 0) is 4.79 Å². The van der Waals surface area contributed by atoms with Gasteiger partial charge in [0.25, 0.3) is 5.91 Å². The SMILES string of the molecule is CN(C)c1cccc(C(=O)NCCC(=O)O)c1. The molecule has 0 aromatic heterocycles. The lowest BCUT2D eigenvalue weighted by Crippen LogP contribution is -2.26. The number of benzene rings is 1. The van der Waals surface area contributed by atoms with Crippen LogP contribution in [0.1, 0.15) is 16.8 Å². The van der Waals surface area contributed by atoms with Crippen LogP contribution < -0.4 is 10.2 Å². The number of carbonyl (C=O) groups excluding carboxylic acids is 1. The molecule has 1 rings (SSSR count). The minimum Gasteiger partial charge on any atom is -0.481 e. The van der Waals surface area contributed by atoms with Crippen LogP contribution in [0.2, 0.25) is 0 Å². The van der Waals surface area contributed by atoms with E-state index >= 15 is 0 Å². The van der Waals surface area contributed by atoms with Crippen LogP contribution in [0.25, 0.3) is 0 Å². The number of amides is 1. The summed E-state index contributed by atoms with van der Waals surface area (Å²) < 4.78 is 0. The van der Waals surface area contributed by atoms with Crippen LogP contribution in [0.3, 0.4) is 0 Å². The van der Waals surface area contributed by atoms with Gasteiger partial charge in [-0.05, 0) is 18.2 Å². The van der Waals surface area contributed by atoms with Gasteiger partial charge in [-0.25, -0.2) is 0 Å². The van der Waals surface area contributed by atoms with E-state index in [1.807, 2.05) is 25.1 Å². The lowest BCUT2D eigenvalue weighted by molar-refractivity contribution is -0.136. The summed E-state index contributed by atoms with van der Waals surface area (Å²) in [5.41, 5.74) is 1.46. The van der Waals surface area contributed by atoms with E-state index in [0.29, 0.717) is 5.56 Å². The molecule has 17 heavy (non-hydrogen) atoms. The van der Waals surface area contributed by atoms with E-state index < -0.39 is 5.97 Å². The predicted octanol–water partition coefficient (Wildman–Crippen LogP) is 0.957. The van der Waals surface area contributed by atoms with Crippen molar-refractivity contribution in [2.45, 2.75) is 6.42 Å². The first-order chi connectivity index (χ1) is 8.00. The van der Waals surface area contributed by atoms with Gasteiger partial charge in [-0.3, -0.25) is 9.59 Å². The Morgan fingerprint density at radius 2 is 2.06 bits per heavy atom.